The van der Waals surface area contributed by atoms with Crippen LogP contribution in [0.1, 0.15) is 5.56 Å². The first-order valence-corrected chi connectivity index (χ1v) is 8.90. The molecule has 1 saturated heterocycles. The third kappa shape index (κ3) is 5.23. The average molecular weight is 343 g/mol. The van der Waals surface area contributed by atoms with Gasteiger partial charge in [-0.2, -0.15) is 0 Å². The zero-order valence-electron chi connectivity index (χ0n) is 13.5. The molecule has 1 amide bonds. The summed E-state index contributed by atoms with van der Waals surface area (Å²) in [5.41, 5.74) is 2.83. The van der Waals surface area contributed by atoms with Gasteiger partial charge in [-0.1, -0.05) is 53.8 Å². The zero-order chi connectivity index (χ0) is 16.6. The lowest BCUT2D eigenvalue weighted by atomic mass is 10.2. The molecule has 1 aliphatic rings. The van der Waals surface area contributed by atoms with E-state index in [1.54, 1.807) is 5.51 Å². The van der Waals surface area contributed by atoms with Crippen LogP contribution in [0.15, 0.2) is 41.9 Å². The number of aromatic nitrogens is 2. The maximum atomic E-state index is 12.0. The number of nitrogens with one attached hydrogen (secondary N) is 1. The number of piperazine rings is 1. The van der Waals surface area contributed by atoms with Crippen LogP contribution in [-0.2, 0) is 4.79 Å². The van der Waals surface area contributed by atoms with Crippen molar-refractivity contribution in [3.05, 3.63) is 47.5 Å². The molecule has 7 heteroatoms. The van der Waals surface area contributed by atoms with E-state index in [1.807, 2.05) is 18.2 Å². The normalized spacial score (nSPS) is 16.5. The molecule has 0 atom stereocenters. The summed E-state index contributed by atoms with van der Waals surface area (Å²) in [4.78, 5) is 16.5. The van der Waals surface area contributed by atoms with Gasteiger partial charge in [0.1, 0.15) is 5.51 Å². The van der Waals surface area contributed by atoms with Gasteiger partial charge in [-0.15, -0.1) is 10.2 Å². The Kier molecular flexibility index (Phi) is 6.06. The predicted molar refractivity (Wildman–Crippen MR) is 96.9 cm³/mol. The molecule has 24 heavy (non-hydrogen) atoms. The molecule has 1 fully saturated rings. The Balaban J connectivity index is 1.36. The van der Waals surface area contributed by atoms with Crippen molar-refractivity contribution in [1.82, 2.24) is 20.0 Å². The van der Waals surface area contributed by atoms with Gasteiger partial charge in [0.05, 0.1) is 6.54 Å². The van der Waals surface area contributed by atoms with Crippen molar-refractivity contribution in [3.63, 3.8) is 0 Å². The molecule has 126 valence electrons. The fourth-order valence-electron chi connectivity index (χ4n) is 2.62. The van der Waals surface area contributed by atoms with E-state index < -0.39 is 0 Å². The summed E-state index contributed by atoms with van der Waals surface area (Å²) in [6, 6.07) is 10.3. The molecule has 1 aromatic carbocycles. The highest BCUT2D eigenvalue weighted by molar-refractivity contribution is 7.13. The molecule has 0 radical (unpaired) electrons. The van der Waals surface area contributed by atoms with Gasteiger partial charge in [0.25, 0.3) is 0 Å². The van der Waals surface area contributed by atoms with E-state index in [0.29, 0.717) is 11.7 Å². The smallest absolute Gasteiger partial charge is 0.240 e. The molecule has 2 heterocycles. The monoisotopic (exact) mass is 343 g/mol. The van der Waals surface area contributed by atoms with Crippen LogP contribution in [0.2, 0.25) is 0 Å². The van der Waals surface area contributed by atoms with Crippen LogP contribution in [0.4, 0.5) is 5.13 Å². The Bertz CT molecular complexity index is 651. The van der Waals surface area contributed by atoms with Crippen LogP contribution in [0.3, 0.4) is 0 Å². The standard InChI is InChI=1S/C17H21N5OS/c23-16(19-17-20-18-14-24-17)13-22-11-9-21(10-12-22)8-4-7-15-5-2-1-3-6-15/h1-7,14H,8-13H2,(H,19,20,23)/b7-4+. The molecular formula is C17H21N5OS. The minimum absolute atomic E-state index is 0.0239. The fourth-order valence-corrected chi connectivity index (χ4v) is 3.08. The number of carbonyl (C=O) groups excluding carboxylic acids is 1. The van der Waals surface area contributed by atoms with Crippen molar-refractivity contribution in [2.45, 2.75) is 0 Å². The van der Waals surface area contributed by atoms with E-state index in [-0.39, 0.29) is 5.91 Å². The van der Waals surface area contributed by atoms with Crippen LogP contribution in [0.25, 0.3) is 6.08 Å². The highest BCUT2D eigenvalue weighted by atomic mass is 32.1. The van der Waals surface area contributed by atoms with Crippen molar-refractivity contribution < 1.29 is 4.79 Å². The average Bonchev–Trinajstić information content (AvgIpc) is 3.10. The Morgan fingerprint density at radius 2 is 1.92 bits per heavy atom. The summed E-state index contributed by atoms with van der Waals surface area (Å²) < 4.78 is 0. The fraction of sp³-hybridized carbons (Fsp3) is 0.353. The van der Waals surface area contributed by atoms with Gasteiger partial charge in [-0.25, -0.2) is 0 Å². The minimum Gasteiger partial charge on any atom is -0.299 e. The van der Waals surface area contributed by atoms with Crippen LogP contribution in [0.5, 0.6) is 0 Å². The Hall–Kier alpha value is -2.09. The Morgan fingerprint density at radius 3 is 2.62 bits per heavy atom. The van der Waals surface area contributed by atoms with Gasteiger partial charge in [0.15, 0.2) is 0 Å². The second-order valence-corrected chi connectivity index (χ2v) is 6.52. The topological polar surface area (TPSA) is 61.4 Å². The molecule has 0 saturated carbocycles. The van der Waals surface area contributed by atoms with Crippen molar-refractivity contribution in [3.8, 4) is 0 Å². The first-order valence-electron chi connectivity index (χ1n) is 8.02. The van der Waals surface area contributed by atoms with Crippen LogP contribution in [0, 0.1) is 0 Å². The third-order valence-electron chi connectivity index (χ3n) is 3.91. The number of hydrogen-bond acceptors (Lipinski definition) is 6. The molecule has 1 aromatic heterocycles. The highest BCUT2D eigenvalue weighted by Crippen LogP contribution is 2.08. The molecule has 6 nitrogen and oxygen atoms in total. The number of carbonyl (C=O) groups is 1. The lowest BCUT2D eigenvalue weighted by molar-refractivity contribution is -0.117. The maximum Gasteiger partial charge on any atom is 0.240 e. The van der Waals surface area contributed by atoms with E-state index in [2.05, 4.69) is 49.6 Å². The second-order valence-electron chi connectivity index (χ2n) is 5.68. The van der Waals surface area contributed by atoms with Crippen molar-refractivity contribution in [2.24, 2.45) is 0 Å². The summed E-state index contributed by atoms with van der Waals surface area (Å²) in [6.07, 6.45) is 4.36. The van der Waals surface area contributed by atoms with Crippen LogP contribution < -0.4 is 5.32 Å². The lowest BCUT2D eigenvalue weighted by Crippen LogP contribution is -2.48. The lowest BCUT2D eigenvalue weighted by Gasteiger charge is -2.33. The van der Waals surface area contributed by atoms with Gasteiger partial charge in [0.2, 0.25) is 11.0 Å². The van der Waals surface area contributed by atoms with Gasteiger partial charge in [0, 0.05) is 32.7 Å². The van der Waals surface area contributed by atoms with E-state index in [4.69, 9.17) is 0 Å². The van der Waals surface area contributed by atoms with Gasteiger partial charge in [-0.05, 0) is 5.56 Å². The number of benzene rings is 1. The summed E-state index contributed by atoms with van der Waals surface area (Å²) >= 11 is 1.33. The molecule has 0 bridgehead atoms. The molecule has 1 aliphatic heterocycles. The van der Waals surface area contributed by atoms with Crippen LogP contribution >= 0.6 is 11.3 Å². The number of anilines is 1. The Morgan fingerprint density at radius 1 is 1.17 bits per heavy atom. The summed E-state index contributed by atoms with van der Waals surface area (Å²) in [5, 5.41) is 10.9. The zero-order valence-corrected chi connectivity index (χ0v) is 14.3. The van der Waals surface area contributed by atoms with Crippen molar-refractivity contribution in [1.29, 1.82) is 0 Å². The van der Waals surface area contributed by atoms with E-state index in [1.165, 1.54) is 16.9 Å². The molecule has 3 rings (SSSR count). The number of amides is 1. The molecule has 0 aliphatic carbocycles. The SMILES string of the molecule is O=C(CN1CCN(C/C=C/c2ccccc2)CC1)Nc1nncs1. The molecule has 0 unspecified atom stereocenters. The van der Waals surface area contributed by atoms with Gasteiger partial charge in [-0.3, -0.25) is 19.9 Å². The van der Waals surface area contributed by atoms with E-state index in [9.17, 15) is 4.79 Å². The summed E-state index contributed by atoms with van der Waals surface area (Å²) in [6.45, 7) is 5.12. The van der Waals surface area contributed by atoms with E-state index in [0.717, 1.165) is 32.7 Å². The summed E-state index contributed by atoms with van der Waals surface area (Å²) in [5.74, 6) is -0.0239. The second kappa shape index (κ2) is 8.68. The quantitative estimate of drug-likeness (QED) is 0.867. The largest absolute Gasteiger partial charge is 0.299 e. The molecule has 0 spiro atoms. The third-order valence-corrected chi connectivity index (χ3v) is 4.52. The highest BCUT2D eigenvalue weighted by Gasteiger charge is 2.18. The molecule has 2 aromatic rings. The van der Waals surface area contributed by atoms with Gasteiger partial charge < -0.3 is 0 Å². The first kappa shape index (κ1) is 16.8. The number of hydrogen-bond donors (Lipinski definition) is 1. The van der Waals surface area contributed by atoms with Crippen molar-refractivity contribution >= 4 is 28.5 Å². The summed E-state index contributed by atoms with van der Waals surface area (Å²) in [7, 11) is 0. The van der Waals surface area contributed by atoms with E-state index >= 15 is 0 Å². The number of nitrogens with zero attached hydrogens (tertiary/aromatic N) is 4. The van der Waals surface area contributed by atoms with Crippen molar-refractivity contribution in [2.75, 3.05) is 44.6 Å². The predicted octanol–water partition coefficient (Wildman–Crippen LogP) is 1.81. The number of rotatable bonds is 6. The minimum atomic E-state index is -0.0239. The molecule has 1 N–H and O–H groups in total. The first-order chi connectivity index (χ1) is 11.8. The van der Waals surface area contributed by atoms with Crippen LogP contribution in [-0.4, -0.2) is 65.2 Å². The maximum absolute atomic E-state index is 12.0. The Labute approximate surface area is 145 Å². The molecular weight excluding hydrogens is 322 g/mol. The van der Waals surface area contributed by atoms with Gasteiger partial charge >= 0.3 is 0 Å².